The summed E-state index contributed by atoms with van der Waals surface area (Å²) in [5, 5.41) is 37.0. The summed E-state index contributed by atoms with van der Waals surface area (Å²) in [6.45, 7) is 4.24. The minimum absolute atomic E-state index is 0.349. The molecule has 1 saturated heterocycles. The van der Waals surface area contributed by atoms with Gasteiger partial charge < -0.3 is 4.90 Å². The van der Waals surface area contributed by atoms with Crippen molar-refractivity contribution in [1.29, 1.82) is 0 Å². The van der Waals surface area contributed by atoms with E-state index in [2.05, 4.69) is 183 Å². The summed E-state index contributed by atoms with van der Waals surface area (Å²) in [6.07, 6.45) is 1.07. The molecule has 0 radical (unpaired) electrons. The van der Waals surface area contributed by atoms with Crippen molar-refractivity contribution >= 4 is 105 Å². The van der Waals surface area contributed by atoms with Gasteiger partial charge in [-0.3, -0.25) is 0 Å². The lowest BCUT2D eigenvalue weighted by atomic mass is 9.89. The van der Waals surface area contributed by atoms with Crippen LogP contribution in [0.2, 0.25) is 0 Å². The smallest absolute Gasteiger partial charge is 0.159 e. The zero-order chi connectivity index (χ0) is 41.8. The third-order valence-corrected chi connectivity index (χ3v) is 14.2. The van der Waals surface area contributed by atoms with E-state index in [0.29, 0.717) is 33.5 Å². The Balaban J connectivity index is 1.08. The Morgan fingerprint density at radius 1 is 0.460 bits per heavy atom. The van der Waals surface area contributed by atoms with Crippen molar-refractivity contribution in [2.75, 3.05) is 16.4 Å². The van der Waals surface area contributed by atoms with Crippen molar-refractivity contribution in [2.24, 2.45) is 0 Å². The number of aryl methyl sites for hydroxylation is 2. The number of anilines is 3. The van der Waals surface area contributed by atoms with Crippen LogP contribution in [0.4, 0.5) is 17.1 Å². The summed E-state index contributed by atoms with van der Waals surface area (Å²) in [7, 11) is 0. The number of rotatable bonds is 6. The van der Waals surface area contributed by atoms with Gasteiger partial charge in [0.25, 0.3) is 0 Å². The molecule has 1 aliphatic rings. The normalized spacial score (nSPS) is 14.4. The minimum atomic E-state index is 0.349. The van der Waals surface area contributed by atoms with E-state index in [1.165, 1.54) is 16.2 Å². The Labute approximate surface area is 363 Å². The SMILES string of the molecule is Cc1cc(N(c2ccc(C3CCSC3)c3nonc23)c2cc(C)c(-c3cc4ccccc4c4ccccc34)c3nonc23)c2nonc2c1-c1cccc2c1ccc1ccccc12. The topological polar surface area (TPSA) is 120 Å². The Hall–Kier alpha value is -7.63. The van der Waals surface area contributed by atoms with Crippen molar-refractivity contribution in [3.8, 4) is 22.3 Å². The molecule has 1 aliphatic heterocycles. The zero-order valence-corrected chi connectivity index (χ0v) is 35.0. The first kappa shape index (κ1) is 36.1. The molecule has 4 heterocycles. The van der Waals surface area contributed by atoms with Crippen LogP contribution in [0.5, 0.6) is 0 Å². The van der Waals surface area contributed by atoms with Crippen molar-refractivity contribution in [1.82, 2.24) is 30.9 Å². The molecule has 10 nitrogen and oxygen atoms in total. The van der Waals surface area contributed by atoms with Gasteiger partial charge in [-0.1, -0.05) is 109 Å². The molecule has 63 heavy (non-hydrogen) atoms. The van der Waals surface area contributed by atoms with Crippen LogP contribution in [0, 0.1) is 13.8 Å². The number of benzene rings is 9. The van der Waals surface area contributed by atoms with Crippen LogP contribution < -0.4 is 4.90 Å². The highest BCUT2D eigenvalue weighted by Crippen LogP contribution is 2.50. The number of thioether (sulfide) groups is 1. The van der Waals surface area contributed by atoms with E-state index in [1.54, 1.807) is 0 Å². The highest BCUT2D eigenvalue weighted by Gasteiger charge is 2.31. The fourth-order valence-electron chi connectivity index (χ4n) is 10.2. The monoisotopic (exact) mass is 837 g/mol. The average Bonchev–Trinajstić information content (AvgIpc) is 4.18. The van der Waals surface area contributed by atoms with E-state index in [9.17, 15) is 0 Å². The minimum Gasteiger partial charge on any atom is -0.303 e. The molecule has 1 fully saturated rings. The summed E-state index contributed by atoms with van der Waals surface area (Å²) in [6, 6.07) is 47.2. The van der Waals surface area contributed by atoms with Crippen LogP contribution in [0.1, 0.15) is 29.0 Å². The molecule has 0 spiro atoms. The van der Waals surface area contributed by atoms with Gasteiger partial charge in [-0.2, -0.15) is 11.8 Å². The van der Waals surface area contributed by atoms with E-state index >= 15 is 0 Å². The molecular weight excluding hydrogens is 803 g/mol. The summed E-state index contributed by atoms with van der Waals surface area (Å²) in [4.78, 5) is 2.13. The molecule has 11 heteroatoms. The third kappa shape index (κ3) is 5.39. The van der Waals surface area contributed by atoms with Crippen molar-refractivity contribution in [3.05, 3.63) is 150 Å². The molecule has 13 rings (SSSR count). The molecule has 0 saturated carbocycles. The first-order valence-corrected chi connectivity index (χ1v) is 22.2. The van der Waals surface area contributed by atoms with Crippen LogP contribution in [0.15, 0.2) is 147 Å². The van der Waals surface area contributed by atoms with Gasteiger partial charge in [-0.25, -0.2) is 13.9 Å². The maximum absolute atomic E-state index is 5.73. The van der Waals surface area contributed by atoms with Crippen molar-refractivity contribution < 1.29 is 13.9 Å². The lowest BCUT2D eigenvalue weighted by molar-refractivity contribution is 0.315. The molecule has 302 valence electrons. The largest absolute Gasteiger partial charge is 0.303 e. The number of nitrogens with zero attached hydrogens (tertiary/aromatic N) is 7. The summed E-state index contributed by atoms with van der Waals surface area (Å²) in [5.74, 6) is 2.48. The maximum atomic E-state index is 5.73. The highest BCUT2D eigenvalue weighted by atomic mass is 32.2. The molecule has 12 aromatic rings. The number of hydrogen-bond acceptors (Lipinski definition) is 11. The van der Waals surface area contributed by atoms with Gasteiger partial charge in [0.1, 0.15) is 16.6 Å². The summed E-state index contributed by atoms with van der Waals surface area (Å²) < 4.78 is 17.0. The molecule has 1 atom stereocenters. The Kier molecular flexibility index (Phi) is 7.98. The molecule has 0 bridgehead atoms. The third-order valence-electron chi connectivity index (χ3n) is 13.0. The molecule has 1 unspecified atom stereocenters. The molecule has 0 amide bonds. The van der Waals surface area contributed by atoms with Crippen LogP contribution in [-0.4, -0.2) is 42.4 Å². The summed E-state index contributed by atoms with van der Waals surface area (Å²) >= 11 is 1.96. The first-order chi connectivity index (χ1) is 31.1. The standard InChI is InChI=1S/C52H35N7O3S/c1-28-24-43(49-51(57-61-55-49)45(28)40-17-9-16-37-33-12-5-3-10-30(33)18-19-39(37)40)59(42-21-20-35(32-22-23-63-27-32)47-48(42)54-60-53-47)44-25-29(2)46(52-50(44)56-62-58-52)41-26-31-11-4-6-13-34(31)36-14-7-8-15-38(36)41/h3-21,24-26,32H,22-23,27H2,1-2H3. The lowest BCUT2D eigenvalue weighted by Gasteiger charge is -2.27. The fourth-order valence-corrected chi connectivity index (χ4v) is 11.4. The predicted molar refractivity (Wildman–Crippen MR) is 252 cm³/mol. The molecule has 0 aliphatic carbocycles. The van der Waals surface area contributed by atoms with Gasteiger partial charge in [-0.05, 0) is 158 Å². The van der Waals surface area contributed by atoms with Gasteiger partial charge in [0, 0.05) is 16.9 Å². The van der Waals surface area contributed by atoms with Gasteiger partial charge in [0.2, 0.25) is 0 Å². The maximum Gasteiger partial charge on any atom is 0.159 e. The fraction of sp³-hybridized carbons (Fsp3) is 0.115. The van der Waals surface area contributed by atoms with Gasteiger partial charge in [0.15, 0.2) is 16.6 Å². The van der Waals surface area contributed by atoms with E-state index < -0.39 is 0 Å². The first-order valence-electron chi connectivity index (χ1n) is 21.1. The van der Waals surface area contributed by atoms with Crippen LogP contribution in [0.3, 0.4) is 0 Å². The Morgan fingerprint density at radius 3 is 1.68 bits per heavy atom. The molecular formula is C52H35N7O3S. The van der Waals surface area contributed by atoms with E-state index in [4.69, 9.17) is 13.9 Å². The molecule has 9 aromatic carbocycles. The van der Waals surface area contributed by atoms with Gasteiger partial charge in [-0.15, -0.1) is 0 Å². The zero-order valence-electron chi connectivity index (χ0n) is 34.2. The van der Waals surface area contributed by atoms with Crippen molar-refractivity contribution in [2.45, 2.75) is 26.2 Å². The summed E-state index contributed by atoms with van der Waals surface area (Å²) in [5.41, 5.74) is 13.0. The van der Waals surface area contributed by atoms with E-state index in [0.717, 1.165) is 106 Å². The van der Waals surface area contributed by atoms with Crippen LogP contribution in [0.25, 0.3) is 98.4 Å². The van der Waals surface area contributed by atoms with Crippen LogP contribution >= 0.6 is 11.8 Å². The second kappa shape index (κ2) is 13.9. The Bertz CT molecular complexity index is 3830. The number of fused-ring (bicyclic) bond motifs is 9. The lowest BCUT2D eigenvalue weighted by Crippen LogP contribution is -2.14. The average molecular weight is 838 g/mol. The second-order valence-corrected chi connectivity index (χ2v) is 17.7. The number of hydrogen-bond donors (Lipinski definition) is 0. The molecule has 0 N–H and O–H groups in total. The molecule has 3 aromatic heterocycles. The predicted octanol–water partition coefficient (Wildman–Crippen LogP) is 13.5. The second-order valence-electron chi connectivity index (χ2n) is 16.5. The van der Waals surface area contributed by atoms with Gasteiger partial charge >= 0.3 is 0 Å². The van der Waals surface area contributed by atoms with E-state index in [-0.39, 0.29) is 0 Å². The van der Waals surface area contributed by atoms with Gasteiger partial charge in [0.05, 0.1) is 17.1 Å². The quantitative estimate of drug-likeness (QED) is 0.149. The number of aromatic nitrogens is 6. The van der Waals surface area contributed by atoms with E-state index in [1.807, 2.05) is 11.8 Å². The van der Waals surface area contributed by atoms with Crippen molar-refractivity contribution in [3.63, 3.8) is 0 Å². The highest BCUT2D eigenvalue weighted by molar-refractivity contribution is 7.99. The van der Waals surface area contributed by atoms with Crippen LogP contribution in [-0.2, 0) is 0 Å². The Morgan fingerprint density at radius 2 is 1.00 bits per heavy atom.